The Hall–Kier alpha value is -3.98. The molecular weight excluding hydrogens is 460 g/mol. The highest BCUT2D eigenvalue weighted by Crippen LogP contribution is 2.27. The summed E-state index contributed by atoms with van der Waals surface area (Å²) in [5.41, 5.74) is 5.59. The average molecular weight is 487 g/mol. The largest absolute Gasteiger partial charge is 0.346 e. The van der Waals surface area contributed by atoms with E-state index in [-0.39, 0.29) is 24.1 Å². The maximum Gasteiger partial charge on any atom is 0.243 e. The van der Waals surface area contributed by atoms with Crippen LogP contribution in [0.15, 0.2) is 72.1 Å². The number of nitrogens with one attached hydrogen (secondary N) is 2. The minimum Gasteiger partial charge on any atom is -0.346 e. The van der Waals surface area contributed by atoms with Crippen molar-refractivity contribution in [1.29, 1.82) is 0 Å². The smallest absolute Gasteiger partial charge is 0.243 e. The third kappa shape index (κ3) is 5.93. The fourth-order valence-corrected chi connectivity index (χ4v) is 4.56. The molecule has 0 radical (unpaired) electrons. The van der Waals surface area contributed by atoms with Crippen molar-refractivity contribution in [2.45, 2.75) is 25.9 Å². The van der Waals surface area contributed by atoms with Crippen molar-refractivity contribution in [2.75, 3.05) is 17.6 Å². The SMILES string of the molecule is Cc1cc(C)c(NC(=O)CNC(=O)CSc2nnc(-c3cccnc3)n2-c2ccccc2)c(C)c1. The van der Waals surface area contributed by atoms with Crippen LogP contribution in [-0.2, 0) is 9.59 Å². The molecule has 0 saturated carbocycles. The van der Waals surface area contributed by atoms with Crippen molar-refractivity contribution in [1.82, 2.24) is 25.1 Å². The average Bonchev–Trinajstić information content (AvgIpc) is 3.29. The zero-order chi connectivity index (χ0) is 24.8. The molecule has 2 amide bonds. The van der Waals surface area contributed by atoms with E-state index >= 15 is 0 Å². The van der Waals surface area contributed by atoms with Gasteiger partial charge in [0.2, 0.25) is 11.8 Å². The standard InChI is InChI=1S/C26H26N6O2S/c1-17-12-18(2)24(19(3)13-17)29-22(33)15-28-23(34)16-35-26-31-30-25(20-8-7-11-27-14-20)32(26)21-9-5-4-6-10-21/h4-14H,15-16H2,1-3H3,(H,28,34)(H,29,33). The first-order chi connectivity index (χ1) is 16.9. The van der Waals surface area contributed by atoms with Crippen molar-refractivity contribution in [3.63, 3.8) is 0 Å². The summed E-state index contributed by atoms with van der Waals surface area (Å²) in [6.45, 7) is 5.81. The molecule has 0 unspecified atom stereocenters. The van der Waals surface area contributed by atoms with E-state index in [1.54, 1.807) is 12.4 Å². The van der Waals surface area contributed by atoms with Crippen LogP contribution in [0.5, 0.6) is 0 Å². The Morgan fingerprint density at radius 2 is 1.69 bits per heavy atom. The summed E-state index contributed by atoms with van der Waals surface area (Å²) in [7, 11) is 0. The van der Waals surface area contributed by atoms with Gasteiger partial charge in [0, 0.05) is 29.3 Å². The van der Waals surface area contributed by atoms with Gasteiger partial charge in [-0.3, -0.25) is 19.1 Å². The van der Waals surface area contributed by atoms with Crippen LogP contribution >= 0.6 is 11.8 Å². The number of thioether (sulfide) groups is 1. The number of amides is 2. The Morgan fingerprint density at radius 1 is 0.943 bits per heavy atom. The molecule has 0 atom stereocenters. The van der Waals surface area contributed by atoms with Crippen LogP contribution in [0.4, 0.5) is 5.69 Å². The van der Waals surface area contributed by atoms with Gasteiger partial charge in [-0.2, -0.15) is 0 Å². The Balaban J connectivity index is 1.40. The number of rotatable bonds is 8. The van der Waals surface area contributed by atoms with E-state index in [4.69, 9.17) is 0 Å². The van der Waals surface area contributed by atoms with Crippen LogP contribution in [0.3, 0.4) is 0 Å². The van der Waals surface area contributed by atoms with E-state index < -0.39 is 0 Å². The minimum atomic E-state index is -0.273. The number of carbonyl (C=O) groups excluding carboxylic acids is 2. The van der Waals surface area contributed by atoms with Gasteiger partial charge in [0.25, 0.3) is 0 Å². The Morgan fingerprint density at radius 3 is 2.37 bits per heavy atom. The lowest BCUT2D eigenvalue weighted by molar-refractivity contribution is -0.122. The van der Waals surface area contributed by atoms with E-state index in [0.29, 0.717) is 11.0 Å². The molecule has 0 saturated heterocycles. The highest BCUT2D eigenvalue weighted by atomic mass is 32.2. The van der Waals surface area contributed by atoms with Crippen LogP contribution in [0.2, 0.25) is 0 Å². The lowest BCUT2D eigenvalue weighted by Gasteiger charge is -2.13. The van der Waals surface area contributed by atoms with Gasteiger partial charge in [0.15, 0.2) is 11.0 Å². The molecule has 2 heterocycles. The molecule has 2 N–H and O–H groups in total. The Bertz CT molecular complexity index is 1320. The van der Waals surface area contributed by atoms with Crippen LogP contribution < -0.4 is 10.6 Å². The summed E-state index contributed by atoms with van der Waals surface area (Å²) in [4.78, 5) is 29.1. The molecule has 0 aliphatic rings. The molecule has 35 heavy (non-hydrogen) atoms. The van der Waals surface area contributed by atoms with Gasteiger partial charge in [-0.1, -0.05) is 47.7 Å². The van der Waals surface area contributed by atoms with E-state index in [9.17, 15) is 9.59 Å². The van der Waals surface area contributed by atoms with Gasteiger partial charge < -0.3 is 10.6 Å². The molecule has 0 aliphatic carbocycles. The molecule has 0 fully saturated rings. The minimum absolute atomic E-state index is 0.0911. The monoisotopic (exact) mass is 486 g/mol. The van der Waals surface area contributed by atoms with E-state index in [1.807, 2.05) is 79.9 Å². The summed E-state index contributed by atoms with van der Waals surface area (Å²) < 4.78 is 1.89. The number of benzene rings is 2. The number of aromatic nitrogens is 4. The van der Waals surface area contributed by atoms with E-state index in [0.717, 1.165) is 33.6 Å². The maximum atomic E-state index is 12.5. The summed E-state index contributed by atoms with van der Waals surface area (Å²) in [5.74, 6) is 0.182. The van der Waals surface area contributed by atoms with Crippen molar-refractivity contribution < 1.29 is 9.59 Å². The van der Waals surface area contributed by atoms with E-state index in [2.05, 4.69) is 25.8 Å². The fraction of sp³-hybridized carbons (Fsp3) is 0.192. The molecule has 2 aromatic carbocycles. The second-order valence-electron chi connectivity index (χ2n) is 8.11. The van der Waals surface area contributed by atoms with E-state index in [1.165, 1.54) is 11.8 Å². The lowest BCUT2D eigenvalue weighted by Crippen LogP contribution is -2.34. The highest BCUT2D eigenvalue weighted by molar-refractivity contribution is 7.99. The number of pyridine rings is 1. The summed E-state index contributed by atoms with van der Waals surface area (Å²) >= 11 is 1.25. The number of aryl methyl sites for hydroxylation is 3. The van der Waals surface area contributed by atoms with Gasteiger partial charge in [0.05, 0.1) is 12.3 Å². The number of nitrogens with zero attached hydrogens (tertiary/aromatic N) is 4. The third-order valence-corrected chi connectivity index (χ3v) is 6.22. The zero-order valence-corrected chi connectivity index (χ0v) is 20.6. The molecule has 4 aromatic rings. The van der Waals surface area contributed by atoms with Gasteiger partial charge in [-0.05, 0) is 56.2 Å². The first kappa shape index (κ1) is 24.2. The lowest BCUT2D eigenvalue weighted by atomic mass is 10.1. The van der Waals surface area contributed by atoms with Gasteiger partial charge >= 0.3 is 0 Å². The predicted molar refractivity (Wildman–Crippen MR) is 138 cm³/mol. The fourth-order valence-electron chi connectivity index (χ4n) is 3.78. The molecular formula is C26H26N6O2S. The van der Waals surface area contributed by atoms with Crippen molar-refractivity contribution in [3.05, 3.63) is 83.7 Å². The van der Waals surface area contributed by atoms with Crippen molar-refractivity contribution in [2.24, 2.45) is 0 Å². The number of hydrogen-bond acceptors (Lipinski definition) is 6. The van der Waals surface area contributed by atoms with Crippen molar-refractivity contribution >= 4 is 29.3 Å². The highest BCUT2D eigenvalue weighted by Gasteiger charge is 2.18. The number of carbonyl (C=O) groups is 2. The maximum absolute atomic E-state index is 12.5. The van der Waals surface area contributed by atoms with Crippen LogP contribution in [0.1, 0.15) is 16.7 Å². The normalized spacial score (nSPS) is 10.7. The quantitative estimate of drug-likeness (QED) is 0.364. The Kier molecular flexibility index (Phi) is 7.57. The first-order valence-corrected chi connectivity index (χ1v) is 12.1. The number of hydrogen-bond donors (Lipinski definition) is 2. The molecule has 8 nitrogen and oxygen atoms in total. The van der Waals surface area contributed by atoms with Crippen LogP contribution in [-0.4, -0.2) is 43.9 Å². The van der Waals surface area contributed by atoms with Gasteiger partial charge in [0.1, 0.15) is 0 Å². The Labute approximate surface area is 208 Å². The van der Waals surface area contributed by atoms with Crippen molar-refractivity contribution in [3.8, 4) is 17.1 Å². The number of para-hydroxylation sites is 1. The van der Waals surface area contributed by atoms with Gasteiger partial charge in [-0.15, -0.1) is 10.2 Å². The molecule has 0 aliphatic heterocycles. The molecule has 9 heteroatoms. The molecule has 0 bridgehead atoms. The van der Waals surface area contributed by atoms with Crippen LogP contribution in [0.25, 0.3) is 17.1 Å². The summed E-state index contributed by atoms with van der Waals surface area (Å²) in [5, 5.41) is 14.8. The predicted octanol–water partition coefficient (Wildman–Crippen LogP) is 4.10. The second-order valence-corrected chi connectivity index (χ2v) is 9.05. The number of anilines is 1. The second kappa shape index (κ2) is 11.0. The first-order valence-electron chi connectivity index (χ1n) is 11.1. The topological polar surface area (TPSA) is 102 Å². The molecule has 4 rings (SSSR count). The third-order valence-electron chi connectivity index (χ3n) is 5.29. The molecule has 2 aromatic heterocycles. The molecule has 0 spiro atoms. The molecule has 178 valence electrons. The summed E-state index contributed by atoms with van der Waals surface area (Å²) in [6, 6.07) is 17.5. The van der Waals surface area contributed by atoms with Crippen LogP contribution in [0, 0.1) is 20.8 Å². The van der Waals surface area contributed by atoms with Gasteiger partial charge in [-0.25, -0.2) is 0 Å². The summed E-state index contributed by atoms with van der Waals surface area (Å²) in [6.07, 6.45) is 3.42. The zero-order valence-electron chi connectivity index (χ0n) is 19.8.